The molecule has 0 amide bonds. The van der Waals surface area contributed by atoms with Crippen LogP contribution >= 0.6 is 0 Å². The molecular weight excluding hydrogens is 348 g/mol. The van der Waals surface area contributed by atoms with Crippen molar-refractivity contribution in [1.29, 1.82) is 0 Å². The molecule has 1 fully saturated rings. The molecule has 0 radical (unpaired) electrons. The first-order valence-corrected chi connectivity index (χ1v) is 8.68. The summed E-state index contributed by atoms with van der Waals surface area (Å²) in [7, 11) is 1.32. The maximum Gasteiger partial charge on any atom is 0.357 e. The molecule has 27 heavy (non-hydrogen) atoms. The van der Waals surface area contributed by atoms with E-state index >= 15 is 0 Å². The molecule has 0 bridgehead atoms. The predicted octanol–water partition coefficient (Wildman–Crippen LogP) is 3.36. The Morgan fingerprint density at radius 3 is 2.74 bits per heavy atom. The third-order valence-electron chi connectivity index (χ3n) is 4.82. The Kier molecular flexibility index (Phi) is 4.10. The van der Waals surface area contributed by atoms with Crippen LogP contribution < -0.4 is 0 Å². The molecule has 0 aliphatic heterocycles. The van der Waals surface area contributed by atoms with Crippen molar-refractivity contribution < 1.29 is 14.5 Å². The van der Waals surface area contributed by atoms with Gasteiger partial charge in [-0.1, -0.05) is 18.2 Å². The van der Waals surface area contributed by atoms with Gasteiger partial charge in [-0.2, -0.15) is 0 Å². The van der Waals surface area contributed by atoms with E-state index in [2.05, 4.69) is 9.97 Å². The highest BCUT2D eigenvalue weighted by molar-refractivity contribution is 6.01. The van der Waals surface area contributed by atoms with Gasteiger partial charge in [0, 0.05) is 23.2 Å². The number of nitrogens with zero attached hydrogens (tertiary/aromatic N) is 4. The summed E-state index contributed by atoms with van der Waals surface area (Å²) >= 11 is 0. The standard InChI is InChI=1S/C19H18N4O4/c1-11-9-14-16(19(24)27-2)20-17(12-7-8-12)21-18(14)22(11)10-13-5-3-4-6-15(13)23(25)26/h3-6,9,12H,7-8,10H2,1-2H3. The Morgan fingerprint density at radius 2 is 2.07 bits per heavy atom. The summed E-state index contributed by atoms with van der Waals surface area (Å²) in [6, 6.07) is 8.46. The molecule has 138 valence electrons. The number of rotatable bonds is 5. The van der Waals surface area contributed by atoms with Gasteiger partial charge in [0.05, 0.1) is 24.0 Å². The number of para-hydroxylation sites is 1. The van der Waals surface area contributed by atoms with Crippen molar-refractivity contribution in [2.75, 3.05) is 7.11 Å². The summed E-state index contributed by atoms with van der Waals surface area (Å²) in [6.45, 7) is 2.17. The number of aryl methyl sites for hydroxylation is 1. The molecule has 0 N–H and O–H groups in total. The average Bonchev–Trinajstić information content (AvgIpc) is 3.46. The Labute approximate surface area is 155 Å². The van der Waals surface area contributed by atoms with Crippen LogP contribution in [0.3, 0.4) is 0 Å². The highest BCUT2D eigenvalue weighted by atomic mass is 16.6. The molecule has 2 heterocycles. The zero-order chi connectivity index (χ0) is 19.1. The monoisotopic (exact) mass is 366 g/mol. The normalized spacial score (nSPS) is 13.7. The van der Waals surface area contributed by atoms with Crippen LogP contribution in [0.2, 0.25) is 0 Å². The summed E-state index contributed by atoms with van der Waals surface area (Å²) in [5, 5.41) is 11.9. The molecule has 0 unspecified atom stereocenters. The number of carbonyl (C=O) groups is 1. The van der Waals surface area contributed by atoms with E-state index in [1.165, 1.54) is 13.2 Å². The van der Waals surface area contributed by atoms with Gasteiger partial charge in [0.25, 0.3) is 5.69 Å². The molecule has 1 saturated carbocycles. The average molecular weight is 366 g/mol. The van der Waals surface area contributed by atoms with Crippen molar-refractivity contribution >= 4 is 22.7 Å². The van der Waals surface area contributed by atoms with E-state index in [-0.39, 0.29) is 28.8 Å². The molecule has 4 rings (SSSR count). The lowest BCUT2D eigenvalue weighted by atomic mass is 10.2. The maximum absolute atomic E-state index is 12.2. The van der Waals surface area contributed by atoms with E-state index in [9.17, 15) is 14.9 Å². The molecule has 1 aliphatic carbocycles. The molecule has 3 aromatic rings. The molecule has 1 aliphatic rings. The number of nitro benzene ring substituents is 1. The van der Waals surface area contributed by atoms with Crippen molar-refractivity contribution in [2.24, 2.45) is 0 Å². The molecule has 0 spiro atoms. The SMILES string of the molecule is COC(=O)c1nc(C2CC2)nc2c1cc(C)n2Cc1ccccc1[N+](=O)[O-]. The molecule has 0 saturated heterocycles. The Bertz CT molecular complexity index is 1070. The number of methoxy groups -OCH3 is 1. The topological polar surface area (TPSA) is 100 Å². The lowest BCUT2D eigenvalue weighted by molar-refractivity contribution is -0.385. The van der Waals surface area contributed by atoms with Gasteiger partial charge >= 0.3 is 5.97 Å². The van der Waals surface area contributed by atoms with Crippen LogP contribution in [-0.4, -0.2) is 32.5 Å². The van der Waals surface area contributed by atoms with Crippen LogP contribution in [0, 0.1) is 17.0 Å². The zero-order valence-electron chi connectivity index (χ0n) is 15.0. The number of ether oxygens (including phenoxy) is 1. The zero-order valence-corrected chi connectivity index (χ0v) is 15.0. The predicted molar refractivity (Wildman–Crippen MR) is 97.8 cm³/mol. The first-order chi connectivity index (χ1) is 13.0. The molecule has 8 nitrogen and oxygen atoms in total. The first kappa shape index (κ1) is 17.1. The smallest absolute Gasteiger partial charge is 0.357 e. The second-order valence-electron chi connectivity index (χ2n) is 6.69. The van der Waals surface area contributed by atoms with Crippen LogP contribution in [0.1, 0.15) is 46.3 Å². The summed E-state index contributed by atoms with van der Waals surface area (Å²) < 4.78 is 6.78. The van der Waals surface area contributed by atoms with Crippen LogP contribution in [-0.2, 0) is 11.3 Å². The highest BCUT2D eigenvalue weighted by Gasteiger charge is 2.30. The minimum absolute atomic E-state index is 0.0587. The fourth-order valence-electron chi connectivity index (χ4n) is 3.24. The van der Waals surface area contributed by atoms with E-state index in [0.29, 0.717) is 22.4 Å². The van der Waals surface area contributed by atoms with Gasteiger partial charge in [0.2, 0.25) is 0 Å². The van der Waals surface area contributed by atoms with Gasteiger partial charge in [-0.25, -0.2) is 14.8 Å². The number of esters is 1. The van der Waals surface area contributed by atoms with E-state index in [1.807, 2.05) is 17.6 Å². The molecular formula is C19H18N4O4. The van der Waals surface area contributed by atoms with Crippen molar-refractivity contribution in [3.05, 3.63) is 63.2 Å². The number of hydrogen-bond donors (Lipinski definition) is 0. The summed E-state index contributed by atoms with van der Waals surface area (Å²) in [5.41, 5.74) is 2.32. The summed E-state index contributed by atoms with van der Waals surface area (Å²) in [5.74, 6) is 0.379. The fraction of sp³-hybridized carbons (Fsp3) is 0.316. The minimum atomic E-state index is -0.507. The van der Waals surface area contributed by atoms with Crippen LogP contribution in [0.4, 0.5) is 5.69 Å². The number of aromatic nitrogens is 3. The number of benzene rings is 1. The second kappa shape index (κ2) is 6.46. The Balaban J connectivity index is 1.89. The number of hydrogen-bond acceptors (Lipinski definition) is 6. The second-order valence-corrected chi connectivity index (χ2v) is 6.69. The largest absolute Gasteiger partial charge is 0.464 e. The van der Waals surface area contributed by atoms with Crippen molar-refractivity contribution in [3.63, 3.8) is 0 Å². The van der Waals surface area contributed by atoms with Gasteiger partial charge in [-0.3, -0.25) is 10.1 Å². The number of nitro groups is 1. The van der Waals surface area contributed by atoms with Crippen LogP contribution in [0.15, 0.2) is 30.3 Å². The van der Waals surface area contributed by atoms with E-state index < -0.39 is 5.97 Å². The molecule has 0 atom stereocenters. The third-order valence-corrected chi connectivity index (χ3v) is 4.82. The third kappa shape index (κ3) is 3.03. The summed E-state index contributed by atoms with van der Waals surface area (Å²) in [6.07, 6.45) is 1.99. The van der Waals surface area contributed by atoms with Gasteiger partial charge in [0.1, 0.15) is 11.5 Å². The van der Waals surface area contributed by atoms with Crippen LogP contribution in [0.5, 0.6) is 0 Å². The van der Waals surface area contributed by atoms with Crippen molar-refractivity contribution in [3.8, 4) is 0 Å². The van der Waals surface area contributed by atoms with E-state index in [4.69, 9.17) is 4.74 Å². The van der Waals surface area contributed by atoms with E-state index in [1.54, 1.807) is 18.2 Å². The Morgan fingerprint density at radius 1 is 1.33 bits per heavy atom. The lowest BCUT2D eigenvalue weighted by Gasteiger charge is -2.10. The quantitative estimate of drug-likeness (QED) is 0.390. The fourth-order valence-corrected chi connectivity index (χ4v) is 3.24. The van der Waals surface area contributed by atoms with Crippen molar-refractivity contribution in [2.45, 2.75) is 32.2 Å². The van der Waals surface area contributed by atoms with Gasteiger partial charge in [-0.05, 0) is 25.8 Å². The molecule has 2 aromatic heterocycles. The minimum Gasteiger partial charge on any atom is -0.464 e. The Hall–Kier alpha value is -3.29. The van der Waals surface area contributed by atoms with Gasteiger partial charge in [-0.15, -0.1) is 0 Å². The molecule has 8 heteroatoms. The molecule has 1 aromatic carbocycles. The van der Waals surface area contributed by atoms with Gasteiger partial charge < -0.3 is 9.30 Å². The summed E-state index contributed by atoms with van der Waals surface area (Å²) in [4.78, 5) is 32.3. The lowest BCUT2D eigenvalue weighted by Crippen LogP contribution is -2.10. The van der Waals surface area contributed by atoms with Crippen LogP contribution in [0.25, 0.3) is 11.0 Å². The number of fused-ring (bicyclic) bond motifs is 1. The maximum atomic E-state index is 12.2. The first-order valence-electron chi connectivity index (χ1n) is 8.68. The van der Waals surface area contributed by atoms with Crippen molar-refractivity contribution in [1.82, 2.24) is 14.5 Å². The number of carbonyl (C=O) groups excluding carboxylic acids is 1. The van der Waals surface area contributed by atoms with Gasteiger partial charge in [0.15, 0.2) is 5.69 Å². The highest BCUT2D eigenvalue weighted by Crippen LogP contribution is 2.39. The van der Waals surface area contributed by atoms with E-state index in [0.717, 1.165) is 18.5 Å².